The summed E-state index contributed by atoms with van der Waals surface area (Å²) < 4.78 is 13.3. The highest BCUT2D eigenvalue weighted by molar-refractivity contribution is 9.11. The number of furan rings is 1. The number of nitrogens with one attached hydrogen (secondary N) is 1. The van der Waals surface area contributed by atoms with Crippen LogP contribution in [0.25, 0.3) is 0 Å². The molecule has 20 heavy (non-hydrogen) atoms. The molecular formula is C12H9Br3N2O3. The molecule has 1 aromatic carbocycles. The lowest BCUT2D eigenvalue weighted by Gasteiger charge is -2.10. The van der Waals surface area contributed by atoms with Crippen LogP contribution in [0.1, 0.15) is 16.1 Å². The van der Waals surface area contributed by atoms with Crippen molar-refractivity contribution in [2.24, 2.45) is 5.84 Å². The molecule has 8 heteroatoms. The van der Waals surface area contributed by atoms with E-state index >= 15 is 0 Å². The molecule has 2 aromatic rings. The molecular weight excluding hydrogens is 460 g/mol. The molecule has 0 unspecified atom stereocenters. The van der Waals surface area contributed by atoms with E-state index in [0.29, 0.717) is 11.3 Å². The summed E-state index contributed by atoms with van der Waals surface area (Å²) in [5, 5.41) is 0. The number of amides is 1. The number of carbonyl (C=O) groups is 1. The Labute approximate surface area is 140 Å². The molecule has 0 aliphatic heterocycles. The number of hydrogen-bond acceptors (Lipinski definition) is 4. The summed E-state index contributed by atoms with van der Waals surface area (Å²) in [6.07, 6.45) is 1.41. The average molecular weight is 469 g/mol. The van der Waals surface area contributed by atoms with Gasteiger partial charge in [-0.1, -0.05) is 15.9 Å². The number of benzene rings is 1. The van der Waals surface area contributed by atoms with Crippen LogP contribution in [-0.2, 0) is 6.61 Å². The van der Waals surface area contributed by atoms with Crippen LogP contribution in [0.5, 0.6) is 5.75 Å². The molecule has 0 aliphatic rings. The van der Waals surface area contributed by atoms with E-state index in [2.05, 4.69) is 47.8 Å². The van der Waals surface area contributed by atoms with Crippen LogP contribution in [0.4, 0.5) is 0 Å². The summed E-state index contributed by atoms with van der Waals surface area (Å²) in [6, 6.07) is 5.39. The lowest BCUT2D eigenvalue weighted by Crippen LogP contribution is -2.30. The van der Waals surface area contributed by atoms with Gasteiger partial charge in [0.05, 0.1) is 15.2 Å². The lowest BCUT2D eigenvalue weighted by molar-refractivity contribution is 0.0922. The summed E-state index contributed by atoms with van der Waals surface area (Å²) >= 11 is 10.2. The zero-order valence-electron chi connectivity index (χ0n) is 9.95. The van der Waals surface area contributed by atoms with Gasteiger partial charge in [0.2, 0.25) is 0 Å². The van der Waals surface area contributed by atoms with Crippen LogP contribution in [0, 0.1) is 0 Å². The minimum Gasteiger partial charge on any atom is -0.486 e. The van der Waals surface area contributed by atoms with E-state index in [1.54, 1.807) is 6.07 Å². The van der Waals surface area contributed by atoms with Crippen molar-refractivity contribution in [3.63, 3.8) is 0 Å². The molecule has 0 fully saturated rings. The van der Waals surface area contributed by atoms with Gasteiger partial charge in [0.15, 0.2) is 5.76 Å². The largest absolute Gasteiger partial charge is 0.486 e. The van der Waals surface area contributed by atoms with Crippen LogP contribution < -0.4 is 16.0 Å². The smallest absolute Gasteiger partial charge is 0.301 e. The number of halogens is 3. The first-order valence-electron chi connectivity index (χ1n) is 5.37. The Balaban J connectivity index is 2.18. The maximum Gasteiger partial charge on any atom is 0.301 e. The number of hydrazine groups is 1. The fraction of sp³-hybridized carbons (Fsp3) is 0.0833. The van der Waals surface area contributed by atoms with Crippen LogP contribution in [0.3, 0.4) is 0 Å². The molecule has 0 bridgehead atoms. The van der Waals surface area contributed by atoms with Crippen molar-refractivity contribution < 1.29 is 13.9 Å². The van der Waals surface area contributed by atoms with Crippen molar-refractivity contribution >= 4 is 53.7 Å². The predicted molar refractivity (Wildman–Crippen MR) is 84.2 cm³/mol. The number of ether oxygens (including phenoxy) is 1. The Morgan fingerprint density at radius 3 is 2.55 bits per heavy atom. The van der Waals surface area contributed by atoms with E-state index in [0.717, 1.165) is 13.4 Å². The number of nitrogen functional groups attached to an aromatic ring is 1. The lowest BCUT2D eigenvalue weighted by atomic mass is 10.2. The van der Waals surface area contributed by atoms with E-state index in [1.165, 1.54) is 6.26 Å². The highest BCUT2D eigenvalue weighted by Crippen LogP contribution is 2.37. The standard InChI is InChI=1S/C12H9Br3N2O3/c13-7-3-8(14)11(9(15)4-7)20-5-6-1-2-19-10(6)12(18)17-16/h1-4H,5,16H2,(H,17,18). The van der Waals surface area contributed by atoms with Crippen LogP contribution in [-0.4, -0.2) is 5.91 Å². The third kappa shape index (κ3) is 3.43. The molecule has 1 heterocycles. The maximum atomic E-state index is 11.5. The van der Waals surface area contributed by atoms with Crippen molar-refractivity contribution in [3.8, 4) is 5.75 Å². The first-order chi connectivity index (χ1) is 9.52. The van der Waals surface area contributed by atoms with Crippen LogP contribution in [0.2, 0.25) is 0 Å². The van der Waals surface area contributed by atoms with Crippen molar-refractivity contribution in [2.45, 2.75) is 6.61 Å². The molecule has 5 nitrogen and oxygen atoms in total. The fourth-order valence-electron chi connectivity index (χ4n) is 1.53. The van der Waals surface area contributed by atoms with Crippen LogP contribution >= 0.6 is 47.8 Å². The van der Waals surface area contributed by atoms with Gasteiger partial charge in [0.1, 0.15) is 12.4 Å². The third-order valence-corrected chi connectivity index (χ3v) is 4.06. The summed E-state index contributed by atoms with van der Waals surface area (Å²) in [4.78, 5) is 11.5. The molecule has 1 amide bonds. The first kappa shape index (κ1) is 15.6. The second kappa shape index (κ2) is 6.75. The topological polar surface area (TPSA) is 77.5 Å². The molecule has 106 valence electrons. The Hall–Kier alpha value is -0.830. The molecule has 0 spiro atoms. The summed E-state index contributed by atoms with van der Waals surface area (Å²) in [5.41, 5.74) is 2.63. The van der Waals surface area contributed by atoms with Crippen molar-refractivity contribution in [3.05, 3.63) is 49.2 Å². The van der Waals surface area contributed by atoms with E-state index in [-0.39, 0.29) is 12.4 Å². The summed E-state index contributed by atoms with van der Waals surface area (Å²) in [5.74, 6) is 5.35. The van der Waals surface area contributed by atoms with Crippen LogP contribution in [0.15, 0.2) is 42.3 Å². The highest BCUT2D eigenvalue weighted by Gasteiger charge is 2.16. The highest BCUT2D eigenvalue weighted by atomic mass is 79.9. The molecule has 0 radical (unpaired) electrons. The zero-order valence-corrected chi connectivity index (χ0v) is 14.7. The number of hydrogen-bond donors (Lipinski definition) is 2. The quantitative estimate of drug-likeness (QED) is 0.407. The Morgan fingerprint density at radius 2 is 1.95 bits per heavy atom. The molecule has 1 aromatic heterocycles. The summed E-state index contributed by atoms with van der Waals surface area (Å²) in [6.45, 7) is 0.179. The molecule has 0 saturated heterocycles. The minimum atomic E-state index is -0.498. The molecule has 2 rings (SSSR count). The second-order valence-corrected chi connectivity index (χ2v) is 6.36. The van der Waals surface area contributed by atoms with E-state index < -0.39 is 5.91 Å². The normalized spacial score (nSPS) is 10.4. The first-order valence-corrected chi connectivity index (χ1v) is 7.75. The van der Waals surface area contributed by atoms with Gasteiger partial charge in [-0.3, -0.25) is 10.2 Å². The minimum absolute atomic E-state index is 0.136. The third-order valence-electron chi connectivity index (χ3n) is 2.42. The fourth-order valence-corrected chi connectivity index (χ4v) is 4.02. The van der Waals surface area contributed by atoms with E-state index in [9.17, 15) is 4.79 Å². The summed E-state index contributed by atoms with van der Waals surface area (Å²) in [7, 11) is 0. The molecule has 0 aliphatic carbocycles. The number of carbonyl (C=O) groups excluding carboxylic acids is 1. The predicted octanol–water partition coefficient (Wildman–Crippen LogP) is 3.75. The van der Waals surface area contributed by atoms with Gasteiger partial charge in [-0.15, -0.1) is 0 Å². The van der Waals surface area contributed by atoms with Gasteiger partial charge in [-0.05, 0) is 50.1 Å². The maximum absolute atomic E-state index is 11.5. The van der Waals surface area contributed by atoms with Crippen molar-refractivity contribution in [1.82, 2.24) is 5.43 Å². The van der Waals surface area contributed by atoms with E-state index in [4.69, 9.17) is 15.0 Å². The Kier molecular flexibility index (Phi) is 5.25. The van der Waals surface area contributed by atoms with Gasteiger partial charge in [-0.2, -0.15) is 0 Å². The van der Waals surface area contributed by atoms with Gasteiger partial charge >= 0.3 is 5.91 Å². The monoisotopic (exact) mass is 466 g/mol. The molecule has 0 atom stereocenters. The van der Waals surface area contributed by atoms with Gasteiger partial charge in [-0.25, -0.2) is 5.84 Å². The van der Waals surface area contributed by atoms with Crippen molar-refractivity contribution in [2.75, 3.05) is 0 Å². The Bertz CT molecular complexity index is 620. The van der Waals surface area contributed by atoms with E-state index in [1.807, 2.05) is 17.6 Å². The van der Waals surface area contributed by atoms with Gasteiger partial charge in [0.25, 0.3) is 0 Å². The second-order valence-electron chi connectivity index (χ2n) is 3.74. The number of rotatable bonds is 4. The van der Waals surface area contributed by atoms with Gasteiger partial charge in [0, 0.05) is 10.0 Å². The zero-order chi connectivity index (χ0) is 14.7. The van der Waals surface area contributed by atoms with Gasteiger partial charge < -0.3 is 9.15 Å². The molecule has 3 N–H and O–H groups in total. The number of nitrogens with two attached hydrogens (primary N) is 1. The van der Waals surface area contributed by atoms with Crippen molar-refractivity contribution in [1.29, 1.82) is 0 Å². The average Bonchev–Trinajstić information content (AvgIpc) is 2.85. The molecule has 0 saturated carbocycles. The Morgan fingerprint density at radius 1 is 1.30 bits per heavy atom. The SMILES string of the molecule is NNC(=O)c1occc1COc1c(Br)cc(Br)cc1Br.